The number of H-pyrrole nitrogens is 1. The lowest BCUT2D eigenvalue weighted by atomic mass is 10.2. The Labute approximate surface area is 111 Å². The van der Waals surface area contributed by atoms with Crippen LogP contribution in [-0.2, 0) is 6.54 Å². The molecule has 0 atom stereocenters. The number of nitrogens with zero attached hydrogens (tertiary/aromatic N) is 1. The highest BCUT2D eigenvalue weighted by Crippen LogP contribution is 2.27. The van der Waals surface area contributed by atoms with Crippen LogP contribution in [0.2, 0.25) is 0 Å². The van der Waals surface area contributed by atoms with Crippen molar-refractivity contribution in [3.63, 3.8) is 0 Å². The number of hydrogen-bond acceptors (Lipinski definition) is 3. The lowest BCUT2D eigenvalue weighted by molar-refractivity contribution is 0.354. The van der Waals surface area contributed by atoms with E-state index >= 15 is 0 Å². The standard InChI is InChI=1S/C13H16N2O2S/c1-9-7-15(13(18)14-9)8-10-4-5-11(16-2)12(6-10)17-3/h4-7H,8H2,1-3H3,(H,14,18). The third-order valence-corrected chi connectivity index (χ3v) is 3.05. The number of aryl methyl sites for hydroxylation is 1. The van der Waals surface area contributed by atoms with Crippen LogP contribution in [-0.4, -0.2) is 23.8 Å². The van der Waals surface area contributed by atoms with Crippen molar-refractivity contribution in [2.24, 2.45) is 0 Å². The van der Waals surface area contributed by atoms with Gasteiger partial charge in [0.25, 0.3) is 0 Å². The number of aromatic amines is 1. The molecule has 0 radical (unpaired) electrons. The van der Waals surface area contributed by atoms with E-state index in [2.05, 4.69) is 4.98 Å². The Kier molecular flexibility index (Phi) is 3.72. The second-order valence-electron chi connectivity index (χ2n) is 4.06. The number of rotatable bonds is 4. The molecule has 0 aliphatic carbocycles. The minimum absolute atomic E-state index is 0.712. The maximum absolute atomic E-state index is 5.28. The number of aromatic nitrogens is 2. The first kappa shape index (κ1) is 12.7. The minimum Gasteiger partial charge on any atom is -0.493 e. The molecule has 0 unspecified atom stereocenters. The first-order valence-electron chi connectivity index (χ1n) is 5.61. The Balaban J connectivity index is 2.30. The second kappa shape index (κ2) is 5.27. The fourth-order valence-corrected chi connectivity index (χ4v) is 2.14. The smallest absolute Gasteiger partial charge is 0.177 e. The van der Waals surface area contributed by atoms with Crippen molar-refractivity contribution in [2.75, 3.05) is 14.2 Å². The molecule has 0 amide bonds. The predicted octanol–water partition coefficient (Wildman–Crippen LogP) is 2.92. The molecule has 0 saturated carbocycles. The quantitative estimate of drug-likeness (QED) is 0.863. The van der Waals surface area contributed by atoms with E-state index in [1.807, 2.05) is 35.9 Å². The molecule has 0 saturated heterocycles. The molecule has 0 aliphatic heterocycles. The van der Waals surface area contributed by atoms with Crippen LogP contribution in [0, 0.1) is 11.7 Å². The molecule has 0 bridgehead atoms. The summed E-state index contributed by atoms with van der Waals surface area (Å²) in [6.07, 6.45) is 2.00. The third kappa shape index (κ3) is 2.56. The average Bonchev–Trinajstić information content (AvgIpc) is 2.67. The van der Waals surface area contributed by atoms with E-state index in [0.717, 1.165) is 27.5 Å². The zero-order chi connectivity index (χ0) is 13.1. The van der Waals surface area contributed by atoms with Crippen LogP contribution < -0.4 is 9.47 Å². The molecule has 2 rings (SSSR count). The highest BCUT2D eigenvalue weighted by molar-refractivity contribution is 7.71. The molecule has 5 heteroatoms. The molecule has 1 heterocycles. The van der Waals surface area contributed by atoms with Crippen LogP contribution in [0.1, 0.15) is 11.3 Å². The lowest BCUT2D eigenvalue weighted by Gasteiger charge is -2.09. The van der Waals surface area contributed by atoms with Gasteiger partial charge >= 0.3 is 0 Å². The van der Waals surface area contributed by atoms with Gasteiger partial charge in [0.2, 0.25) is 0 Å². The van der Waals surface area contributed by atoms with Crippen molar-refractivity contribution in [1.29, 1.82) is 0 Å². The molecule has 18 heavy (non-hydrogen) atoms. The summed E-state index contributed by atoms with van der Waals surface area (Å²) in [6, 6.07) is 5.87. The number of nitrogens with one attached hydrogen (secondary N) is 1. The molecule has 0 aliphatic rings. The highest BCUT2D eigenvalue weighted by Gasteiger charge is 2.05. The summed E-state index contributed by atoms with van der Waals surface area (Å²) < 4.78 is 13.2. The maximum Gasteiger partial charge on any atom is 0.177 e. The van der Waals surface area contributed by atoms with Crippen LogP contribution in [0.15, 0.2) is 24.4 Å². The predicted molar refractivity (Wildman–Crippen MR) is 73.0 cm³/mol. The summed E-state index contributed by atoms with van der Waals surface area (Å²) >= 11 is 5.23. The molecule has 1 aromatic carbocycles. The van der Waals surface area contributed by atoms with Gasteiger partial charge in [0, 0.05) is 18.4 Å². The Hall–Kier alpha value is -1.75. The molecule has 1 aromatic heterocycles. The van der Waals surface area contributed by atoms with Gasteiger partial charge in [0.15, 0.2) is 16.3 Å². The lowest BCUT2D eigenvalue weighted by Crippen LogP contribution is -1.99. The summed E-state index contributed by atoms with van der Waals surface area (Å²) in [5, 5.41) is 0. The number of methoxy groups -OCH3 is 2. The normalized spacial score (nSPS) is 10.4. The summed E-state index contributed by atoms with van der Waals surface area (Å²) in [7, 11) is 3.26. The van der Waals surface area contributed by atoms with Crippen molar-refractivity contribution in [3.8, 4) is 11.5 Å². The van der Waals surface area contributed by atoms with Gasteiger partial charge in [-0.05, 0) is 36.8 Å². The average molecular weight is 264 g/mol. The van der Waals surface area contributed by atoms with Crippen molar-refractivity contribution in [1.82, 2.24) is 9.55 Å². The molecule has 0 fully saturated rings. The molecule has 0 spiro atoms. The van der Waals surface area contributed by atoms with Crippen LogP contribution in [0.5, 0.6) is 11.5 Å². The van der Waals surface area contributed by atoms with Crippen molar-refractivity contribution in [3.05, 3.63) is 40.4 Å². The van der Waals surface area contributed by atoms with Crippen LogP contribution in [0.25, 0.3) is 0 Å². The van der Waals surface area contributed by atoms with E-state index in [9.17, 15) is 0 Å². The van der Waals surface area contributed by atoms with E-state index in [1.165, 1.54) is 0 Å². The summed E-state index contributed by atoms with van der Waals surface area (Å²) in [6.45, 7) is 2.70. The zero-order valence-corrected chi connectivity index (χ0v) is 11.5. The van der Waals surface area contributed by atoms with Gasteiger partial charge in [-0.1, -0.05) is 6.07 Å². The molecule has 2 aromatic rings. The Morgan fingerprint density at radius 1 is 1.22 bits per heavy atom. The monoisotopic (exact) mass is 264 g/mol. The van der Waals surface area contributed by atoms with Crippen LogP contribution >= 0.6 is 12.2 Å². The Morgan fingerprint density at radius 3 is 2.50 bits per heavy atom. The minimum atomic E-state index is 0.712. The van der Waals surface area contributed by atoms with Crippen LogP contribution in [0.4, 0.5) is 0 Å². The largest absolute Gasteiger partial charge is 0.493 e. The van der Waals surface area contributed by atoms with E-state index in [-0.39, 0.29) is 0 Å². The SMILES string of the molecule is COc1ccc(Cn2cc(C)[nH]c2=S)cc1OC. The number of benzene rings is 1. The summed E-state index contributed by atoms with van der Waals surface area (Å²) in [5.74, 6) is 1.46. The van der Waals surface area contributed by atoms with Gasteiger partial charge in [-0.3, -0.25) is 0 Å². The molecule has 4 nitrogen and oxygen atoms in total. The molecule has 96 valence electrons. The third-order valence-electron chi connectivity index (χ3n) is 2.72. The van der Waals surface area contributed by atoms with Gasteiger partial charge in [0.05, 0.1) is 14.2 Å². The zero-order valence-electron chi connectivity index (χ0n) is 10.7. The van der Waals surface area contributed by atoms with Gasteiger partial charge < -0.3 is 19.0 Å². The Bertz CT molecular complexity index is 601. The first-order chi connectivity index (χ1) is 8.63. The number of ether oxygens (including phenoxy) is 2. The summed E-state index contributed by atoms with van der Waals surface area (Å²) in [5.41, 5.74) is 2.17. The second-order valence-corrected chi connectivity index (χ2v) is 4.45. The number of hydrogen-bond donors (Lipinski definition) is 1. The van der Waals surface area contributed by atoms with E-state index in [4.69, 9.17) is 21.7 Å². The van der Waals surface area contributed by atoms with Crippen molar-refractivity contribution in [2.45, 2.75) is 13.5 Å². The maximum atomic E-state index is 5.28. The van der Waals surface area contributed by atoms with Gasteiger partial charge in [-0.2, -0.15) is 0 Å². The van der Waals surface area contributed by atoms with E-state index in [0.29, 0.717) is 6.54 Å². The van der Waals surface area contributed by atoms with Crippen LogP contribution in [0.3, 0.4) is 0 Å². The molecular formula is C13H16N2O2S. The van der Waals surface area contributed by atoms with E-state index < -0.39 is 0 Å². The van der Waals surface area contributed by atoms with Crippen molar-refractivity contribution >= 4 is 12.2 Å². The fraction of sp³-hybridized carbons (Fsp3) is 0.308. The van der Waals surface area contributed by atoms with Gasteiger partial charge in [-0.15, -0.1) is 0 Å². The fourth-order valence-electron chi connectivity index (χ4n) is 1.86. The topological polar surface area (TPSA) is 39.2 Å². The molecular weight excluding hydrogens is 248 g/mol. The molecule has 1 N–H and O–H groups in total. The first-order valence-corrected chi connectivity index (χ1v) is 6.02. The van der Waals surface area contributed by atoms with E-state index in [1.54, 1.807) is 14.2 Å². The van der Waals surface area contributed by atoms with Crippen molar-refractivity contribution < 1.29 is 9.47 Å². The van der Waals surface area contributed by atoms with Gasteiger partial charge in [-0.25, -0.2) is 0 Å². The number of imidazole rings is 1. The summed E-state index contributed by atoms with van der Waals surface area (Å²) in [4.78, 5) is 3.10. The van der Waals surface area contributed by atoms with Gasteiger partial charge in [0.1, 0.15) is 0 Å². The highest BCUT2D eigenvalue weighted by atomic mass is 32.1. The Morgan fingerprint density at radius 2 is 1.94 bits per heavy atom.